The third-order valence-electron chi connectivity index (χ3n) is 7.83. The van der Waals surface area contributed by atoms with E-state index in [0.717, 1.165) is 48.5 Å². The first-order chi connectivity index (χ1) is 18.2. The van der Waals surface area contributed by atoms with Gasteiger partial charge in [0.25, 0.3) is 0 Å². The van der Waals surface area contributed by atoms with Crippen molar-refractivity contribution in [3.63, 3.8) is 0 Å². The molecule has 0 amide bonds. The van der Waals surface area contributed by atoms with Crippen LogP contribution in [0.25, 0.3) is 32.8 Å². The van der Waals surface area contributed by atoms with Crippen molar-refractivity contribution in [1.29, 1.82) is 0 Å². The maximum Gasteiger partial charge on any atom is 0.0723 e. The zero-order valence-electron chi connectivity index (χ0n) is 21.7. The molecule has 4 aromatic carbocycles. The Hall–Kier alpha value is -3.89. The molecule has 2 heterocycles. The van der Waals surface area contributed by atoms with E-state index in [4.69, 9.17) is 0 Å². The number of hydrogen-bond acceptors (Lipinski definition) is 4. The van der Waals surface area contributed by atoms with Crippen LogP contribution in [0, 0.1) is 0 Å². The minimum atomic E-state index is 0.660. The van der Waals surface area contributed by atoms with Crippen LogP contribution in [0.3, 0.4) is 0 Å². The highest BCUT2D eigenvalue weighted by atomic mass is 15.2. The second-order valence-electron chi connectivity index (χ2n) is 9.93. The molecule has 1 aromatic heterocycles. The van der Waals surface area contributed by atoms with Crippen LogP contribution in [0.5, 0.6) is 0 Å². The Balaban J connectivity index is 1.24. The summed E-state index contributed by atoms with van der Waals surface area (Å²) in [4.78, 5) is 9.72. The summed E-state index contributed by atoms with van der Waals surface area (Å²) in [6, 6.07) is 33.3. The van der Waals surface area contributed by atoms with Crippen molar-refractivity contribution >= 4 is 38.7 Å². The highest BCUT2D eigenvalue weighted by molar-refractivity contribution is 5.96. The molecule has 1 aliphatic heterocycles. The fourth-order valence-corrected chi connectivity index (χ4v) is 5.73. The van der Waals surface area contributed by atoms with Gasteiger partial charge < -0.3 is 10.2 Å². The van der Waals surface area contributed by atoms with Crippen molar-refractivity contribution in [2.24, 2.45) is 0 Å². The summed E-state index contributed by atoms with van der Waals surface area (Å²) in [5.41, 5.74) is 6.87. The Morgan fingerprint density at radius 2 is 1.59 bits per heavy atom. The van der Waals surface area contributed by atoms with Gasteiger partial charge in [0, 0.05) is 47.8 Å². The third-order valence-corrected chi connectivity index (χ3v) is 7.83. The molecule has 0 saturated carbocycles. The van der Waals surface area contributed by atoms with Crippen LogP contribution in [-0.4, -0.2) is 42.1 Å². The van der Waals surface area contributed by atoms with Gasteiger partial charge in [0.15, 0.2) is 0 Å². The zero-order valence-corrected chi connectivity index (χ0v) is 21.7. The highest BCUT2D eigenvalue weighted by Crippen LogP contribution is 2.32. The fraction of sp³-hybridized carbons (Fsp3) is 0.242. The lowest BCUT2D eigenvalue weighted by Gasteiger charge is -2.26. The number of likely N-dealkylation sites (N-methyl/N-ethyl adjacent to an activating group) is 1. The van der Waals surface area contributed by atoms with E-state index in [9.17, 15) is 0 Å². The van der Waals surface area contributed by atoms with Gasteiger partial charge >= 0.3 is 0 Å². The topological polar surface area (TPSA) is 31.4 Å². The maximum absolute atomic E-state index is 4.62. The van der Waals surface area contributed by atoms with Crippen LogP contribution >= 0.6 is 0 Å². The van der Waals surface area contributed by atoms with Crippen LogP contribution in [0.1, 0.15) is 20.3 Å². The lowest BCUT2D eigenvalue weighted by atomic mass is 9.99. The van der Waals surface area contributed by atoms with Gasteiger partial charge in [-0.3, -0.25) is 9.88 Å². The van der Waals surface area contributed by atoms with Gasteiger partial charge in [0.1, 0.15) is 0 Å². The molecule has 5 aromatic rings. The number of benzene rings is 4. The van der Waals surface area contributed by atoms with Gasteiger partial charge in [0.2, 0.25) is 0 Å². The lowest BCUT2D eigenvalue weighted by Crippen LogP contribution is -2.37. The molecule has 0 radical (unpaired) electrons. The molecule has 1 fully saturated rings. The summed E-state index contributed by atoms with van der Waals surface area (Å²) < 4.78 is 0. The largest absolute Gasteiger partial charge is 0.370 e. The van der Waals surface area contributed by atoms with E-state index in [1.165, 1.54) is 34.0 Å². The molecule has 0 bridgehead atoms. The SMILES string of the molecule is CCN(CC)C1CCN(c2ccc(Nc3ccnc4ccc(-c5ccc6ccccc6c5)cc34)cc2)C1. The molecule has 0 spiro atoms. The number of aromatic nitrogens is 1. The second-order valence-corrected chi connectivity index (χ2v) is 9.93. The van der Waals surface area contributed by atoms with Crippen molar-refractivity contribution in [1.82, 2.24) is 9.88 Å². The van der Waals surface area contributed by atoms with Crippen molar-refractivity contribution in [3.05, 3.63) is 97.2 Å². The van der Waals surface area contributed by atoms with Crippen LogP contribution in [0.2, 0.25) is 0 Å². The average Bonchev–Trinajstić information content (AvgIpc) is 3.44. The molecular weight excluding hydrogens is 452 g/mol. The lowest BCUT2D eigenvalue weighted by molar-refractivity contribution is 0.232. The third kappa shape index (κ3) is 4.77. The van der Waals surface area contributed by atoms with Crippen LogP contribution < -0.4 is 10.2 Å². The van der Waals surface area contributed by atoms with Crippen molar-refractivity contribution in [3.8, 4) is 11.1 Å². The van der Waals surface area contributed by atoms with E-state index in [2.05, 4.69) is 125 Å². The minimum absolute atomic E-state index is 0.660. The van der Waals surface area contributed by atoms with Gasteiger partial charge in [-0.05, 0) is 89.9 Å². The smallest absolute Gasteiger partial charge is 0.0723 e. The molecule has 186 valence electrons. The van der Waals surface area contributed by atoms with E-state index in [0.29, 0.717) is 6.04 Å². The number of anilines is 3. The quantitative estimate of drug-likeness (QED) is 0.255. The van der Waals surface area contributed by atoms with Crippen LogP contribution in [0.4, 0.5) is 17.1 Å². The van der Waals surface area contributed by atoms with E-state index < -0.39 is 0 Å². The summed E-state index contributed by atoms with van der Waals surface area (Å²) in [7, 11) is 0. The molecule has 6 rings (SSSR count). The molecule has 4 nitrogen and oxygen atoms in total. The number of pyridine rings is 1. The van der Waals surface area contributed by atoms with Gasteiger partial charge in [-0.15, -0.1) is 0 Å². The number of rotatable bonds is 7. The normalized spacial score (nSPS) is 15.6. The maximum atomic E-state index is 4.62. The van der Waals surface area contributed by atoms with Crippen LogP contribution in [-0.2, 0) is 0 Å². The molecule has 1 atom stereocenters. The number of nitrogens with zero attached hydrogens (tertiary/aromatic N) is 3. The Bertz CT molecular complexity index is 1520. The molecule has 1 aliphatic rings. The standard InChI is InChI=1S/C33H34N4/c1-3-36(4-2)30-18-20-37(23-30)29-14-12-28(13-15-29)35-33-17-19-34-32-16-11-27(22-31(32)33)26-10-9-24-7-5-6-8-25(24)21-26/h5-17,19,21-22,30H,3-4,18,20,23H2,1-2H3,(H,34,35). The zero-order chi connectivity index (χ0) is 25.2. The molecule has 1 unspecified atom stereocenters. The predicted octanol–water partition coefficient (Wildman–Crippen LogP) is 7.72. The molecule has 37 heavy (non-hydrogen) atoms. The van der Waals surface area contributed by atoms with E-state index in [-0.39, 0.29) is 0 Å². The summed E-state index contributed by atoms with van der Waals surface area (Å²) in [5.74, 6) is 0. The summed E-state index contributed by atoms with van der Waals surface area (Å²) >= 11 is 0. The second kappa shape index (κ2) is 10.2. The molecule has 0 aliphatic carbocycles. The van der Waals surface area contributed by atoms with Gasteiger partial charge in [0.05, 0.1) is 5.52 Å². The predicted molar refractivity (Wildman–Crippen MR) is 158 cm³/mol. The van der Waals surface area contributed by atoms with E-state index >= 15 is 0 Å². The summed E-state index contributed by atoms with van der Waals surface area (Å²) in [6.45, 7) is 9.02. The van der Waals surface area contributed by atoms with Crippen LogP contribution in [0.15, 0.2) is 97.2 Å². The van der Waals surface area contributed by atoms with Gasteiger partial charge in [-0.25, -0.2) is 0 Å². The minimum Gasteiger partial charge on any atom is -0.370 e. The summed E-state index contributed by atoms with van der Waals surface area (Å²) in [5, 5.41) is 7.29. The van der Waals surface area contributed by atoms with Crippen molar-refractivity contribution in [2.45, 2.75) is 26.3 Å². The Kier molecular flexibility index (Phi) is 6.50. The fourth-order valence-electron chi connectivity index (χ4n) is 5.73. The van der Waals surface area contributed by atoms with E-state index in [1.807, 2.05) is 6.20 Å². The molecule has 1 N–H and O–H groups in total. The average molecular weight is 487 g/mol. The Labute approximate surface area is 219 Å². The number of hydrogen-bond donors (Lipinski definition) is 1. The van der Waals surface area contributed by atoms with Crippen molar-refractivity contribution in [2.75, 3.05) is 36.4 Å². The first-order valence-corrected chi connectivity index (χ1v) is 13.5. The van der Waals surface area contributed by atoms with Gasteiger partial charge in [-0.2, -0.15) is 0 Å². The molecule has 4 heteroatoms. The Morgan fingerprint density at radius 1 is 0.838 bits per heavy atom. The first kappa shape index (κ1) is 23.5. The van der Waals surface area contributed by atoms with E-state index in [1.54, 1.807) is 0 Å². The molecular formula is C33H34N4. The number of nitrogens with one attached hydrogen (secondary N) is 1. The Morgan fingerprint density at radius 3 is 2.41 bits per heavy atom. The first-order valence-electron chi connectivity index (χ1n) is 13.5. The number of fused-ring (bicyclic) bond motifs is 2. The molecule has 1 saturated heterocycles. The van der Waals surface area contributed by atoms with Gasteiger partial charge in [-0.1, -0.05) is 56.3 Å². The monoisotopic (exact) mass is 486 g/mol. The van der Waals surface area contributed by atoms with Crippen molar-refractivity contribution < 1.29 is 0 Å². The summed E-state index contributed by atoms with van der Waals surface area (Å²) in [6.07, 6.45) is 3.12. The highest BCUT2D eigenvalue weighted by Gasteiger charge is 2.26.